The second-order valence-electron chi connectivity index (χ2n) is 2.60. The highest BCUT2D eigenvalue weighted by molar-refractivity contribution is 7.88. The molecule has 0 aliphatic rings. The third-order valence-electron chi connectivity index (χ3n) is 1.38. The van der Waals surface area contributed by atoms with Gasteiger partial charge in [0.05, 0.1) is 11.3 Å². The van der Waals surface area contributed by atoms with Crippen LogP contribution < -0.4 is 0 Å². The van der Waals surface area contributed by atoms with Gasteiger partial charge < -0.3 is 0 Å². The van der Waals surface area contributed by atoms with Gasteiger partial charge in [-0.15, -0.1) is 0 Å². The molecule has 0 atom stereocenters. The normalized spacial score (nSPS) is 12.8. The molecule has 83 valence electrons. The zero-order valence-corrected chi connectivity index (χ0v) is 7.88. The van der Waals surface area contributed by atoms with Crippen LogP contribution in [0.3, 0.4) is 0 Å². The van der Waals surface area contributed by atoms with Crippen molar-refractivity contribution in [1.82, 2.24) is 4.98 Å². The van der Waals surface area contributed by atoms with Gasteiger partial charge in [0.2, 0.25) is 0 Å². The fourth-order valence-electron chi connectivity index (χ4n) is 0.795. The van der Waals surface area contributed by atoms with Crippen LogP contribution in [0.25, 0.3) is 0 Å². The van der Waals surface area contributed by atoms with Gasteiger partial charge in [-0.25, -0.2) is 0 Å². The second-order valence-corrected chi connectivity index (χ2v) is 3.87. The van der Waals surface area contributed by atoms with Crippen molar-refractivity contribution in [2.75, 3.05) is 0 Å². The van der Waals surface area contributed by atoms with Crippen LogP contribution in [0.15, 0.2) is 18.3 Å². The molecule has 8 heteroatoms. The second kappa shape index (κ2) is 3.78. The molecule has 15 heavy (non-hydrogen) atoms. The van der Waals surface area contributed by atoms with Crippen molar-refractivity contribution in [3.05, 3.63) is 35.3 Å². The average molecular weight is 240 g/mol. The van der Waals surface area contributed by atoms with Crippen molar-refractivity contribution in [3.63, 3.8) is 0 Å². The van der Waals surface area contributed by atoms with Crippen LogP contribution in [-0.4, -0.2) is 18.0 Å². The fourth-order valence-corrected chi connectivity index (χ4v) is 1.24. The van der Waals surface area contributed by atoms with Gasteiger partial charge in [0, 0.05) is 6.20 Å². The highest BCUT2D eigenvalue weighted by Crippen LogP contribution is 2.28. The van der Waals surface area contributed by atoms with E-state index >= 15 is 0 Å². The van der Waals surface area contributed by atoms with E-state index in [0.717, 1.165) is 6.07 Å². The lowest BCUT2D eigenvalue weighted by Gasteiger charge is -2.05. The molecule has 0 saturated heterocycles. The van der Waals surface area contributed by atoms with Gasteiger partial charge in [-0.3, -0.25) is 9.54 Å². The summed E-state index contributed by atoms with van der Waals surface area (Å²) in [6, 6.07) is 1.51. The van der Waals surface area contributed by atoms with E-state index in [1.807, 2.05) is 0 Å². The Bertz CT molecular complexity index is 438. The van der Waals surface area contributed by atoms with E-state index in [9.17, 15) is 21.6 Å². The number of aromatic nitrogens is 1. The minimum atomic E-state index is -4.52. The first-order chi connectivity index (χ1) is 6.68. The zero-order chi connectivity index (χ0) is 11.7. The van der Waals surface area contributed by atoms with Gasteiger partial charge in [0.1, 0.15) is 0 Å². The number of alkyl halides is 3. The Morgan fingerprint density at radius 2 is 1.93 bits per heavy atom. The van der Waals surface area contributed by atoms with Gasteiger partial charge in [-0.1, -0.05) is 0 Å². The molecule has 1 rings (SSSR count). The van der Waals surface area contributed by atoms with E-state index in [1.54, 1.807) is 0 Å². The highest BCUT2D eigenvalue weighted by atomic mass is 32.2. The summed E-state index contributed by atoms with van der Waals surface area (Å²) in [6.07, 6.45) is -4.04. The van der Waals surface area contributed by atoms with E-state index in [1.165, 1.54) is 0 Å². The number of pyridine rings is 1. The largest absolute Gasteiger partial charge is 0.417 e. The lowest BCUT2D eigenvalue weighted by molar-refractivity contribution is -0.137. The molecule has 1 N–H and O–H groups in total. The fraction of sp³-hybridized carbons (Fsp3) is 0.143. The summed E-state index contributed by atoms with van der Waals surface area (Å²) in [5.41, 5.74) is -1.26. The molecule has 1 aromatic rings. The molecule has 0 aliphatic heterocycles. The summed E-state index contributed by atoms with van der Waals surface area (Å²) in [5.74, 6) is 0.354. The Kier molecular flexibility index (Phi) is 3.00. The topological polar surface area (TPSA) is 67.3 Å². The lowest BCUT2D eigenvalue weighted by Crippen LogP contribution is -2.07. The standard InChI is InChI=1S/C7H5F3NO3S/c8-7(9,10)5-1-2-6(11-3-5)4-15(12,13)14/h1-4H,(H,12,13,14). The third kappa shape index (κ3) is 3.84. The van der Waals surface area contributed by atoms with E-state index in [-0.39, 0.29) is 5.69 Å². The van der Waals surface area contributed by atoms with Gasteiger partial charge in [0.25, 0.3) is 10.1 Å². The van der Waals surface area contributed by atoms with Crippen LogP contribution in [0, 0.1) is 5.75 Å². The Labute approximate surface area is 83.5 Å². The minimum Gasteiger partial charge on any atom is -0.285 e. The van der Waals surface area contributed by atoms with Crippen LogP contribution in [-0.2, 0) is 16.3 Å². The molecular weight excluding hydrogens is 235 g/mol. The van der Waals surface area contributed by atoms with Crippen molar-refractivity contribution >= 4 is 10.1 Å². The monoisotopic (exact) mass is 240 g/mol. The number of hydrogen-bond acceptors (Lipinski definition) is 3. The number of hydrogen-bond donors (Lipinski definition) is 1. The molecule has 1 radical (unpaired) electrons. The van der Waals surface area contributed by atoms with Crippen molar-refractivity contribution in [3.8, 4) is 0 Å². The maximum absolute atomic E-state index is 12.0. The molecule has 0 fully saturated rings. The maximum atomic E-state index is 12.0. The van der Waals surface area contributed by atoms with Crippen LogP contribution in [0.4, 0.5) is 13.2 Å². The quantitative estimate of drug-likeness (QED) is 0.795. The minimum absolute atomic E-state index is 0.273. The molecule has 0 unspecified atom stereocenters. The molecule has 0 amide bonds. The summed E-state index contributed by atoms with van der Waals surface area (Å²) in [6.45, 7) is 0. The molecule has 0 saturated carbocycles. The smallest absolute Gasteiger partial charge is 0.285 e. The molecule has 1 aromatic heterocycles. The van der Waals surface area contributed by atoms with E-state index in [4.69, 9.17) is 4.55 Å². The van der Waals surface area contributed by atoms with Gasteiger partial charge in [0.15, 0.2) is 5.75 Å². The van der Waals surface area contributed by atoms with Crippen molar-refractivity contribution in [1.29, 1.82) is 0 Å². The predicted molar refractivity (Wildman–Crippen MR) is 44.2 cm³/mol. The molecule has 4 nitrogen and oxygen atoms in total. The summed E-state index contributed by atoms with van der Waals surface area (Å²) in [5, 5.41) is 0. The number of nitrogens with zero attached hydrogens (tertiary/aromatic N) is 1. The third-order valence-corrected chi connectivity index (χ3v) is 1.92. The molecule has 0 bridgehead atoms. The first kappa shape index (κ1) is 11.9. The summed E-state index contributed by atoms with van der Waals surface area (Å²) >= 11 is 0. The van der Waals surface area contributed by atoms with Crippen LogP contribution in [0.1, 0.15) is 11.3 Å². The predicted octanol–water partition coefficient (Wildman–Crippen LogP) is 1.50. The van der Waals surface area contributed by atoms with E-state index < -0.39 is 21.9 Å². The zero-order valence-electron chi connectivity index (χ0n) is 7.06. The summed E-state index contributed by atoms with van der Waals surface area (Å²) < 4.78 is 65.1. The molecule has 1 heterocycles. The molecular formula is C7H5F3NO3S. The molecule has 0 aliphatic carbocycles. The first-order valence-corrected chi connectivity index (χ1v) is 5.04. The van der Waals surface area contributed by atoms with Crippen molar-refractivity contribution in [2.45, 2.75) is 6.18 Å². The van der Waals surface area contributed by atoms with Crippen molar-refractivity contribution < 1.29 is 26.1 Å². The number of rotatable bonds is 2. The Morgan fingerprint density at radius 1 is 1.33 bits per heavy atom. The maximum Gasteiger partial charge on any atom is 0.417 e. The number of halogens is 3. The Hall–Kier alpha value is -1.15. The average Bonchev–Trinajstić information content (AvgIpc) is 2.00. The van der Waals surface area contributed by atoms with E-state index in [0.29, 0.717) is 18.0 Å². The lowest BCUT2D eigenvalue weighted by atomic mass is 10.2. The Balaban J connectivity index is 2.91. The molecule has 0 spiro atoms. The Morgan fingerprint density at radius 3 is 2.27 bits per heavy atom. The molecule has 0 aromatic carbocycles. The van der Waals surface area contributed by atoms with Crippen LogP contribution >= 0.6 is 0 Å². The highest BCUT2D eigenvalue weighted by Gasteiger charge is 2.30. The summed E-state index contributed by atoms with van der Waals surface area (Å²) in [4.78, 5) is 3.22. The summed E-state index contributed by atoms with van der Waals surface area (Å²) in [7, 11) is -4.39. The van der Waals surface area contributed by atoms with Gasteiger partial charge >= 0.3 is 6.18 Å². The SMILES string of the molecule is O=S(=O)(O)[CH]c1ccc(C(F)(F)F)cn1. The van der Waals surface area contributed by atoms with Gasteiger partial charge in [-0.05, 0) is 12.1 Å². The van der Waals surface area contributed by atoms with Gasteiger partial charge in [-0.2, -0.15) is 21.6 Å². The first-order valence-electron chi connectivity index (χ1n) is 3.54. The van der Waals surface area contributed by atoms with Crippen LogP contribution in [0.2, 0.25) is 0 Å². The van der Waals surface area contributed by atoms with Crippen LogP contribution in [0.5, 0.6) is 0 Å². The van der Waals surface area contributed by atoms with E-state index in [2.05, 4.69) is 4.98 Å². The van der Waals surface area contributed by atoms with Crippen molar-refractivity contribution in [2.24, 2.45) is 0 Å².